The van der Waals surface area contributed by atoms with E-state index in [9.17, 15) is 0 Å². The van der Waals surface area contributed by atoms with Crippen LogP contribution in [0.3, 0.4) is 0 Å². The Morgan fingerprint density at radius 3 is 1.23 bits per heavy atom. The third-order valence-electron chi connectivity index (χ3n) is 1.15. The minimum Gasteiger partial charge on any atom is -0.350 e. The van der Waals surface area contributed by atoms with Gasteiger partial charge in [0.15, 0.2) is 0 Å². The number of rotatable bonds is 4. The third-order valence-corrected chi connectivity index (χ3v) is 1.15. The Bertz CT molecular complexity index is 114. The molecule has 0 saturated heterocycles. The Labute approximate surface area is 81.4 Å². The first-order valence-corrected chi connectivity index (χ1v) is 4.56. The van der Waals surface area contributed by atoms with E-state index in [1.54, 1.807) is 0 Å². The first kappa shape index (κ1) is 12.9. The summed E-state index contributed by atoms with van der Waals surface area (Å²) in [6.07, 6.45) is 0. The molecule has 0 rings (SSSR count). The molecule has 80 valence electrons. The highest BCUT2D eigenvalue weighted by molar-refractivity contribution is 4.57. The van der Waals surface area contributed by atoms with E-state index in [2.05, 4.69) is 0 Å². The van der Waals surface area contributed by atoms with E-state index >= 15 is 0 Å². The highest BCUT2D eigenvalue weighted by atomic mass is 16.7. The lowest BCUT2D eigenvalue weighted by Crippen LogP contribution is -2.24. The van der Waals surface area contributed by atoms with Gasteiger partial charge in [0.2, 0.25) is 0 Å². The zero-order chi connectivity index (χ0) is 10.5. The lowest BCUT2D eigenvalue weighted by molar-refractivity contribution is -0.191. The van der Waals surface area contributed by atoms with Gasteiger partial charge in [0, 0.05) is 0 Å². The number of hydrogen-bond acceptors (Lipinski definition) is 3. The van der Waals surface area contributed by atoms with Crippen molar-refractivity contribution < 1.29 is 14.2 Å². The molecule has 0 amide bonds. The van der Waals surface area contributed by atoms with E-state index in [0.29, 0.717) is 0 Å². The van der Waals surface area contributed by atoms with Gasteiger partial charge in [0.1, 0.15) is 13.6 Å². The second-order valence-corrected chi connectivity index (χ2v) is 4.95. The number of ether oxygens (including phenoxy) is 3. The van der Waals surface area contributed by atoms with Gasteiger partial charge >= 0.3 is 0 Å². The minimum atomic E-state index is -0.151. The maximum atomic E-state index is 5.34. The van der Waals surface area contributed by atoms with Gasteiger partial charge in [-0.1, -0.05) is 0 Å². The van der Waals surface area contributed by atoms with Crippen molar-refractivity contribution in [1.82, 2.24) is 0 Å². The van der Waals surface area contributed by atoms with Crippen LogP contribution >= 0.6 is 0 Å². The maximum Gasteiger partial charge on any atom is 0.150 e. The monoisotopic (exact) mass is 190 g/mol. The van der Waals surface area contributed by atoms with Gasteiger partial charge in [-0.3, -0.25) is 0 Å². The van der Waals surface area contributed by atoms with Gasteiger partial charge in [0.25, 0.3) is 0 Å². The van der Waals surface area contributed by atoms with Crippen LogP contribution in [0, 0.1) is 0 Å². The Balaban J connectivity index is 3.28. The Morgan fingerprint density at radius 1 is 0.692 bits per heavy atom. The highest BCUT2D eigenvalue weighted by Gasteiger charge is 2.11. The predicted molar refractivity (Wildman–Crippen MR) is 52.5 cm³/mol. The molecule has 0 aliphatic carbocycles. The summed E-state index contributed by atoms with van der Waals surface area (Å²) in [5.74, 6) is 0. The maximum absolute atomic E-state index is 5.34. The summed E-state index contributed by atoms with van der Waals surface area (Å²) in [7, 11) is 0. The third kappa shape index (κ3) is 11.9. The van der Waals surface area contributed by atoms with Crippen LogP contribution in [0.2, 0.25) is 0 Å². The first-order valence-electron chi connectivity index (χ1n) is 4.56. The molecule has 0 spiro atoms. The molecule has 0 aromatic heterocycles. The molecule has 0 saturated carbocycles. The lowest BCUT2D eigenvalue weighted by atomic mass is 10.2. The molecule has 13 heavy (non-hydrogen) atoms. The summed E-state index contributed by atoms with van der Waals surface area (Å²) in [5, 5.41) is 0. The summed E-state index contributed by atoms with van der Waals surface area (Å²) < 4.78 is 15.8. The normalized spacial score (nSPS) is 13.4. The standard InChI is InChI=1S/C10H22O3/c1-9(2,3)12-7-11-8-13-10(4,5)6/h7-8H2,1-6H3. The summed E-state index contributed by atoms with van der Waals surface area (Å²) in [6, 6.07) is 0. The average Bonchev–Trinajstić information content (AvgIpc) is 1.81. The van der Waals surface area contributed by atoms with Crippen LogP contribution in [0.5, 0.6) is 0 Å². The highest BCUT2D eigenvalue weighted by Crippen LogP contribution is 2.08. The fourth-order valence-corrected chi connectivity index (χ4v) is 0.471. The van der Waals surface area contributed by atoms with Gasteiger partial charge in [-0.15, -0.1) is 0 Å². The van der Waals surface area contributed by atoms with Gasteiger partial charge in [-0.05, 0) is 41.5 Å². The zero-order valence-corrected chi connectivity index (χ0v) is 9.64. The van der Waals surface area contributed by atoms with Gasteiger partial charge < -0.3 is 14.2 Å². The summed E-state index contributed by atoms with van der Waals surface area (Å²) >= 11 is 0. The molecule has 0 aliphatic heterocycles. The number of hydrogen-bond donors (Lipinski definition) is 0. The van der Waals surface area contributed by atoms with Crippen LogP contribution in [0.1, 0.15) is 41.5 Å². The summed E-state index contributed by atoms with van der Waals surface area (Å²) in [5.41, 5.74) is -0.302. The smallest absolute Gasteiger partial charge is 0.150 e. The van der Waals surface area contributed by atoms with Crippen LogP contribution in [0.15, 0.2) is 0 Å². The molecule has 0 heterocycles. The molecule has 0 N–H and O–H groups in total. The van der Waals surface area contributed by atoms with E-state index < -0.39 is 0 Å². The molecule has 3 heteroatoms. The molecular formula is C10H22O3. The molecule has 0 aromatic carbocycles. The van der Waals surface area contributed by atoms with Crippen molar-refractivity contribution in [2.24, 2.45) is 0 Å². The van der Waals surface area contributed by atoms with E-state index in [1.807, 2.05) is 41.5 Å². The molecular weight excluding hydrogens is 168 g/mol. The van der Waals surface area contributed by atoms with E-state index in [4.69, 9.17) is 14.2 Å². The van der Waals surface area contributed by atoms with Crippen LogP contribution in [-0.2, 0) is 14.2 Å². The van der Waals surface area contributed by atoms with Crippen molar-refractivity contribution in [2.45, 2.75) is 52.7 Å². The van der Waals surface area contributed by atoms with E-state index in [-0.39, 0.29) is 24.8 Å². The fraction of sp³-hybridized carbons (Fsp3) is 1.00. The van der Waals surface area contributed by atoms with Crippen molar-refractivity contribution in [3.8, 4) is 0 Å². The molecule has 0 radical (unpaired) electrons. The second-order valence-electron chi connectivity index (χ2n) is 4.95. The Kier molecular flexibility index (Phi) is 4.89. The van der Waals surface area contributed by atoms with Gasteiger partial charge in [-0.2, -0.15) is 0 Å². The van der Waals surface area contributed by atoms with Crippen molar-refractivity contribution in [3.63, 3.8) is 0 Å². The Hall–Kier alpha value is -0.120. The van der Waals surface area contributed by atoms with Crippen molar-refractivity contribution >= 4 is 0 Å². The molecule has 0 atom stereocenters. The van der Waals surface area contributed by atoms with Crippen LogP contribution in [0.4, 0.5) is 0 Å². The Morgan fingerprint density at radius 2 is 1.00 bits per heavy atom. The quantitative estimate of drug-likeness (QED) is 0.503. The van der Waals surface area contributed by atoms with Gasteiger partial charge in [0.05, 0.1) is 11.2 Å². The average molecular weight is 190 g/mol. The van der Waals surface area contributed by atoms with Gasteiger partial charge in [-0.25, -0.2) is 0 Å². The molecule has 0 aliphatic rings. The first-order chi connectivity index (χ1) is 5.71. The second kappa shape index (κ2) is 4.94. The molecule has 3 nitrogen and oxygen atoms in total. The zero-order valence-electron chi connectivity index (χ0n) is 9.64. The molecule has 0 unspecified atom stereocenters. The lowest BCUT2D eigenvalue weighted by Gasteiger charge is -2.22. The fourth-order valence-electron chi connectivity index (χ4n) is 0.471. The van der Waals surface area contributed by atoms with Crippen LogP contribution in [0.25, 0.3) is 0 Å². The van der Waals surface area contributed by atoms with Crippen molar-refractivity contribution in [1.29, 1.82) is 0 Å². The SMILES string of the molecule is CC(C)(C)OCOCOC(C)(C)C. The predicted octanol–water partition coefficient (Wildman–Crippen LogP) is 2.55. The largest absolute Gasteiger partial charge is 0.350 e. The summed E-state index contributed by atoms with van der Waals surface area (Å²) in [4.78, 5) is 0. The minimum absolute atomic E-state index is 0.151. The summed E-state index contributed by atoms with van der Waals surface area (Å²) in [6.45, 7) is 12.5. The van der Waals surface area contributed by atoms with Crippen molar-refractivity contribution in [3.05, 3.63) is 0 Å². The van der Waals surface area contributed by atoms with Crippen LogP contribution in [-0.4, -0.2) is 24.8 Å². The molecule has 0 aromatic rings. The van der Waals surface area contributed by atoms with Crippen LogP contribution < -0.4 is 0 Å². The van der Waals surface area contributed by atoms with E-state index in [1.165, 1.54) is 0 Å². The van der Waals surface area contributed by atoms with Crippen molar-refractivity contribution in [2.75, 3.05) is 13.6 Å². The molecule has 0 fully saturated rings. The van der Waals surface area contributed by atoms with E-state index in [0.717, 1.165) is 0 Å². The molecule has 0 bridgehead atoms. The topological polar surface area (TPSA) is 27.7 Å².